The molecule has 1 nitrogen and oxygen atoms in total. The van der Waals surface area contributed by atoms with Gasteiger partial charge >= 0.3 is 0 Å². The Labute approximate surface area is 105 Å². The molecule has 3 rings (SSSR count). The molecule has 1 aliphatic heterocycles. The molecule has 1 heteroatoms. The molecule has 0 unspecified atom stereocenters. The zero-order valence-electron chi connectivity index (χ0n) is 11.0. The Hall–Kier alpha value is -1.08. The topological polar surface area (TPSA) is 12.0 Å². The number of hydrogen-bond acceptors (Lipinski definition) is 1. The van der Waals surface area contributed by atoms with Gasteiger partial charge in [0.1, 0.15) is 0 Å². The predicted molar refractivity (Wildman–Crippen MR) is 74.4 cm³/mol. The third-order valence-corrected chi connectivity index (χ3v) is 3.82. The Kier molecular flexibility index (Phi) is 4.01. The van der Waals surface area contributed by atoms with Crippen molar-refractivity contribution >= 4 is 0 Å². The van der Waals surface area contributed by atoms with E-state index in [0.717, 1.165) is 19.5 Å². The number of hydrogen-bond donors (Lipinski definition) is 1. The average Bonchev–Trinajstić information content (AvgIpc) is 2.43. The first kappa shape index (κ1) is 12.4. The molecule has 92 valence electrons. The standard InChI is InChI=1S/C14H17N.C2H6/c1-2-6-13-12(4-1)5-3-7-14(13)8-10-15-11-9-14;1-2/h1-4,6-7,15H,5,8-11H2;1-2H3. The van der Waals surface area contributed by atoms with E-state index in [-0.39, 0.29) is 0 Å². The monoisotopic (exact) mass is 229 g/mol. The van der Waals surface area contributed by atoms with Crippen LogP contribution < -0.4 is 5.32 Å². The fourth-order valence-corrected chi connectivity index (χ4v) is 2.99. The second-order valence-electron chi connectivity index (χ2n) is 4.67. The average molecular weight is 229 g/mol. The first-order chi connectivity index (χ1) is 8.41. The lowest BCUT2D eigenvalue weighted by Gasteiger charge is -2.39. The minimum absolute atomic E-state index is 0.347. The van der Waals surface area contributed by atoms with Gasteiger partial charge in [-0.05, 0) is 43.5 Å². The van der Waals surface area contributed by atoms with E-state index in [1.54, 1.807) is 5.56 Å². The van der Waals surface area contributed by atoms with E-state index >= 15 is 0 Å². The molecule has 1 aliphatic carbocycles. The van der Waals surface area contributed by atoms with Crippen LogP contribution in [0.1, 0.15) is 37.8 Å². The van der Waals surface area contributed by atoms with E-state index in [9.17, 15) is 0 Å². The maximum absolute atomic E-state index is 3.45. The van der Waals surface area contributed by atoms with Gasteiger partial charge in [-0.2, -0.15) is 0 Å². The van der Waals surface area contributed by atoms with E-state index in [1.165, 1.54) is 18.4 Å². The second-order valence-corrected chi connectivity index (χ2v) is 4.67. The van der Waals surface area contributed by atoms with Crippen molar-refractivity contribution in [3.63, 3.8) is 0 Å². The first-order valence-electron chi connectivity index (χ1n) is 6.88. The van der Waals surface area contributed by atoms with Gasteiger partial charge in [-0.25, -0.2) is 0 Å². The Morgan fingerprint density at radius 3 is 2.53 bits per heavy atom. The highest BCUT2D eigenvalue weighted by Crippen LogP contribution is 2.39. The molecule has 1 fully saturated rings. The highest BCUT2D eigenvalue weighted by molar-refractivity contribution is 5.43. The number of fused-ring (bicyclic) bond motifs is 2. The minimum Gasteiger partial charge on any atom is -0.317 e. The maximum atomic E-state index is 3.45. The highest BCUT2D eigenvalue weighted by atomic mass is 14.9. The minimum atomic E-state index is 0.347. The molecule has 1 saturated heterocycles. The molecule has 0 amide bonds. The van der Waals surface area contributed by atoms with Gasteiger partial charge < -0.3 is 5.32 Å². The number of allylic oxidation sites excluding steroid dienone is 2. The van der Waals surface area contributed by atoms with E-state index in [0.29, 0.717) is 5.41 Å². The van der Waals surface area contributed by atoms with Crippen molar-refractivity contribution in [3.8, 4) is 0 Å². The van der Waals surface area contributed by atoms with Crippen LogP contribution >= 0.6 is 0 Å². The molecule has 1 N–H and O–H groups in total. The molecule has 1 spiro atoms. The lowest BCUT2D eigenvalue weighted by Crippen LogP contribution is -2.40. The van der Waals surface area contributed by atoms with Crippen LogP contribution in [0.25, 0.3) is 0 Å². The molecule has 0 radical (unpaired) electrons. The summed E-state index contributed by atoms with van der Waals surface area (Å²) in [6.07, 6.45) is 8.43. The van der Waals surface area contributed by atoms with Crippen LogP contribution in [0.15, 0.2) is 36.4 Å². The lowest BCUT2D eigenvalue weighted by atomic mass is 9.69. The fourth-order valence-electron chi connectivity index (χ4n) is 2.99. The largest absolute Gasteiger partial charge is 0.317 e. The molecule has 0 saturated carbocycles. The zero-order valence-corrected chi connectivity index (χ0v) is 11.0. The van der Waals surface area contributed by atoms with Gasteiger partial charge in [0.25, 0.3) is 0 Å². The van der Waals surface area contributed by atoms with E-state index < -0.39 is 0 Å². The number of rotatable bonds is 0. The van der Waals surface area contributed by atoms with Crippen LogP contribution in [0.3, 0.4) is 0 Å². The van der Waals surface area contributed by atoms with E-state index in [2.05, 4.69) is 41.7 Å². The van der Waals surface area contributed by atoms with Crippen LogP contribution in [-0.4, -0.2) is 13.1 Å². The van der Waals surface area contributed by atoms with Crippen LogP contribution in [0.2, 0.25) is 0 Å². The van der Waals surface area contributed by atoms with Crippen molar-refractivity contribution in [1.82, 2.24) is 5.32 Å². The number of benzene rings is 1. The summed E-state index contributed by atoms with van der Waals surface area (Å²) in [4.78, 5) is 0. The van der Waals surface area contributed by atoms with Gasteiger partial charge in [-0.1, -0.05) is 50.3 Å². The Balaban J connectivity index is 0.000000514. The zero-order chi connectivity index (χ0) is 12.1. The molecule has 0 bridgehead atoms. The maximum Gasteiger partial charge on any atom is 0.0159 e. The molecule has 2 aliphatic rings. The fraction of sp³-hybridized carbons (Fsp3) is 0.500. The molecule has 17 heavy (non-hydrogen) atoms. The Morgan fingerprint density at radius 2 is 1.76 bits per heavy atom. The van der Waals surface area contributed by atoms with Crippen molar-refractivity contribution in [1.29, 1.82) is 0 Å². The second kappa shape index (κ2) is 5.50. The molecular weight excluding hydrogens is 206 g/mol. The number of nitrogens with one attached hydrogen (secondary N) is 1. The first-order valence-corrected chi connectivity index (χ1v) is 6.88. The van der Waals surface area contributed by atoms with Gasteiger partial charge in [-0.15, -0.1) is 0 Å². The quantitative estimate of drug-likeness (QED) is 0.672. The van der Waals surface area contributed by atoms with Gasteiger partial charge in [0, 0.05) is 5.41 Å². The Morgan fingerprint density at radius 1 is 1.06 bits per heavy atom. The summed E-state index contributed by atoms with van der Waals surface area (Å²) >= 11 is 0. The van der Waals surface area contributed by atoms with Gasteiger partial charge in [0.2, 0.25) is 0 Å². The summed E-state index contributed by atoms with van der Waals surface area (Å²) in [5.74, 6) is 0. The molecule has 0 aromatic heterocycles. The van der Waals surface area contributed by atoms with Crippen molar-refractivity contribution in [2.45, 2.75) is 38.5 Å². The summed E-state index contributed by atoms with van der Waals surface area (Å²) in [5, 5.41) is 3.45. The van der Waals surface area contributed by atoms with Crippen LogP contribution in [0.4, 0.5) is 0 Å². The molecule has 1 aromatic rings. The van der Waals surface area contributed by atoms with Crippen LogP contribution in [0.5, 0.6) is 0 Å². The van der Waals surface area contributed by atoms with Crippen molar-refractivity contribution in [2.75, 3.05) is 13.1 Å². The van der Waals surface area contributed by atoms with Gasteiger partial charge in [0.05, 0.1) is 0 Å². The summed E-state index contributed by atoms with van der Waals surface area (Å²) in [6.45, 7) is 6.30. The molecular formula is C16H23N. The normalized spacial score (nSPS) is 20.4. The van der Waals surface area contributed by atoms with Gasteiger partial charge in [0.15, 0.2) is 0 Å². The van der Waals surface area contributed by atoms with Crippen LogP contribution in [-0.2, 0) is 11.8 Å². The molecule has 1 aromatic carbocycles. The summed E-state index contributed by atoms with van der Waals surface area (Å²) in [7, 11) is 0. The molecule has 1 heterocycles. The molecule has 0 atom stereocenters. The summed E-state index contributed by atoms with van der Waals surface area (Å²) in [5.41, 5.74) is 3.45. The SMILES string of the molecule is C1=CC2(CCNCC2)c2ccccc2C1.CC. The van der Waals surface area contributed by atoms with E-state index in [4.69, 9.17) is 0 Å². The van der Waals surface area contributed by atoms with Crippen LogP contribution in [0, 0.1) is 0 Å². The van der Waals surface area contributed by atoms with E-state index in [1.807, 2.05) is 13.8 Å². The third-order valence-electron chi connectivity index (χ3n) is 3.82. The predicted octanol–water partition coefficient (Wildman–Crippen LogP) is 3.45. The lowest BCUT2D eigenvalue weighted by molar-refractivity contribution is 0.368. The smallest absolute Gasteiger partial charge is 0.0159 e. The van der Waals surface area contributed by atoms with Crippen molar-refractivity contribution in [3.05, 3.63) is 47.5 Å². The van der Waals surface area contributed by atoms with Gasteiger partial charge in [-0.3, -0.25) is 0 Å². The van der Waals surface area contributed by atoms with Crippen molar-refractivity contribution < 1.29 is 0 Å². The van der Waals surface area contributed by atoms with Crippen molar-refractivity contribution in [2.24, 2.45) is 0 Å². The third kappa shape index (κ3) is 2.30. The Bertz CT molecular complexity index is 386. The highest BCUT2D eigenvalue weighted by Gasteiger charge is 2.34. The number of piperidine rings is 1. The summed E-state index contributed by atoms with van der Waals surface area (Å²) < 4.78 is 0. The summed E-state index contributed by atoms with van der Waals surface area (Å²) in [6, 6.07) is 8.95.